The molecule has 1 aliphatic rings. The number of amides is 4. The third-order valence-electron chi connectivity index (χ3n) is 4.42. The maximum atomic E-state index is 12.4. The van der Waals surface area contributed by atoms with Crippen LogP contribution in [-0.4, -0.2) is 40.1 Å². The second kappa shape index (κ2) is 7.44. The van der Waals surface area contributed by atoms with Crippen LogP contribution < -0.4 is 10.6 Å². The summed E-state index contributed by atoms with van der Waals surface area (Å²) in [6.45, 7) is 1.38. The summed E-state index contributed by atoms with van der Waals surface area (Å²) in [5.41, 5.74) is 1.71. The molecule has 0 radical (unpaired) electrons. The number of benzene rings is 2. The minimum Gasteiger partial charge on any atom is -0.324 e. The van der Waals surface area contributed by atoms with E-state index in [1.54, 1.807) is 49.4 Å². The van der Waals surface area contributed by atoms with Crippen molar-refractivity contribution in [3.8, 4) is 0 Å². The summed E-state index contributed by atoms with van der Waals surface area (Å²) in [4.78, 5) is 53.9. The minimum atomic E-state index is -0.492. The fourth-order valence-electron chi connectivity index (χ4n) is 2.99. The molecule has 4 amide bonds. The topological polar surface area (TPSA) is 108 Å². The van der Waals surface area contributed by atoms with Gasteiger partial charge in [-0.25, -0.2) is 4.98 Å². The van der Waals surface area contributed by atoms with Crippen LogP contribution in [0.4, 0.5) is 10.8 Å². The molecule has 0 bridgehead atoms. The standard InChI is InChI=1S/C20H16N4O4S/c1-2-16(25)23-20-22-14-9-11(7-8-15(14)29-20)21-17(26)10-24-18(27)12-5-3-4-6-13(12)19(24)28/h3-9H,2,10H2,1H3,(H,21,26)(H,22,23,25). The lowest BCUT2D eigenvalue weighted by Gasteiger charge is -2.13. The second-order valence-electron chi connectivity index (χ2n) is 6.39. The van der Waals surface area contributed by atoms with Crippen molar-refractivity contribution in [3.63, 3.8) is 0 Å². The molecule has 0 saturated carbocycles. The first-order valence-electron chi connectivity index (χ1n) is 8.91. The van der Waals surface area contributed by atoms with Crippen LogP contribution in [0.15, 0.2) is 42.5 Å². The Kier molecular flexibility index (Phi) is 4.81. The van der Waals surface area contributed by atoms with Gasteiger partial charge in [0.1, 0.15) is 6.54 Å². The molecule has 1 aliphatic heterocycles. The van der Waals surface area contributed by atoms with Gasteiger partial charge in [0.15, 0.2) is 5.13 Å². The van der Waals surface area contributed by atoms with Gasteiger partial charge in [-0.1, -0.05) is 30.4 Å². The van der Waals surface area contributed by atoms with Gasteiger partial charge in [0.25, 0.3) is 11.8 Å². The first-order valence-corrected chi connectivity index (χ1v) is 9.73. The zero-order valence-electron chi connectivity index (χ0n) is 15.4. The Morgan fingerprint density at radius 3 is 2.34 bits per heavy atom. The first kappa shape index (κ1) is 18.8. The van der Waals surface area contributed by atoms with Crippen molar-refractivity contribution >= 4 is 56.0 Å². The van der Waals surface area contributed by atoms with Crippen molar-refractivity contribution in [2.45, 2.75) is 13.3 Å². The normalized spacial score (nSPS) is 12.9. The molecule has 2 N–H and O–H groups in total. The van der Waals surface area contributed by atoms with Crippen LogP contribution in [-0.2, 0) is 9.59 Å². The number of carbonyl (C=O) groups is 4. The maximum absolute atomic E-state index is 12.4. The lowest BCUT2D eigenvalue weighted by Crippen LogP contribution is -2.37. The fraction of sp³-hybridized carbons (Fsp3) is 0.150. The molecule has 0 spiro atoms. The van der Waals surface area contributed by atoms with E-state index < -0.39 is 17.7 Å². The van der Waals surface area contributed by atoms with Gasteiger partial charge in [-0.3, -0.25) is 24.1 Å². The van der Waals surface area contributed by atoms with Crippen LogP contribution in [0.2, 0.25) is 0 Å². The highest BCUT2D eigenvalue weighted by Crippen LogP contribution is 2.28. The molecule has 0 atom stereocenters. The monoisotopic (exact) mass is 408 g/mol. The zero-order chi connectivity index (χ0) is 20.5. The highest BCUT2D eigenvalue weighted by molar-refractivity contribution is 7.22. The van der Waals surface area contributed by atoms with Crippen molar-refractivity contribution in [3.05, 3.63) is 53.6 Å². The van der Waals surface area contributed by atoms with Gasteiger partial charge in [0, 0.05) is 12.1 Å². The third kappa shape index (κ3) is 3.59. The van der Waals surface area contributed by atoms with Crippen LogP contribution in [0.5, 0.6) is 0 Å². The summed E-state index contributed by atoms with van der Waals surface area (Å²) in [6.07, 6.45) is 0.356. The van der Waals surface area contributed by atoms with E-state index >= 15 is 0 Å². The van der Waals surface area contributed by atoms with Crippen molar-refractivity contribution in [1.29, 1.82) is 0 Å². The predicted octanol–water partition coefficient (Wildman–Crippen LogP) is 2.88. The lowest BCUT2D eigenvalue weighted by atomic mass is 10.1. The first-order chi connectivity index (χ1) is 14.0. The number of aromatic nitrogens is 1. The number of nitrogens with zero attached hydrogens (tertiary/aromatic N) is 2. The number of carbonyl (C=O) groups excluding carboxylic acids is 4. The van der Waals surface area contributed by atoms with Gasteiger partial charge >= 0.3 is 0 Å². The Labute approximate surface area is 169 Å². The Bertz CT molecular complexity index is 1140. The number of nitrogens with one attached hydrogen (secondary N) is 2. The second-order valence-corrected chi connectivity index (χ2v) is 7.42. The molecule has 1 aromatic heterocycles. The average molecular weight is 408 g/mol. The zero-order valence-corrected chi connectivity index (χ0v) is 16.2. The van der Waals surface area contributed by atoms with Crippen molar-refractivity contribution in [2.75, 3.05) is 17.2 Å². The van der Waals surface area contributed by atoms with Gasteiger partial charge in [0.05, 0.1) is 21.3 Å². The molecule has 0 aliphatic carbocycles. The number of hydrogen-bond acceptors (Lipinski definition) is 6. The highest BCUT2D eigenvalue weighted by Gasteiger charge is 2.36. The Morgan fingerprint density at radius 2 is 1.69 bits per heavy atom. The van der Waals surface area contributed by atoms with Gasteiger partial charge in [0.2, 0.25) is 11.8 Å². The summed E-state index contributed by atoms with van der Waals surface area (Å²) in [5.74, 6) is -1.58. The number of fused-ring (bicyclic) bond motifs is 2. The number of rotatable bonds is 5. The number of hydrogen-bond donors (Lipinski definition) is 2. The molecule has 0 unspecified atom stereocenters. The van der Waals surface area contributed by atoms with Crippen LogP contribution >= 0.6 is 11.3 Å². The number of anilines is 2. The van der Waals surface area contributed by atoms with E-state index in [1.165, 1.54) is 11.3 Å². The van der Waals surface area contributed by atoms with E-state index in [1.807, 2.05) is 0 Å². The summed E-state index contributed by atoms with van der Waals surface area (Å²) in [5, 5.41) is 5.88. The summed E-state index contributed by atoms with van der Waals surface area (Å²) >= 11 is 1.33. The molecule has 146 valence electrons. The highest BCUT2D eigenvalue weighted by atomic mass is 32.1. The van der Waals surface area contributed by atoms with E-state index in [9.17, 15) is 19.2 Å². The van der Waals surface area contributed by atoms with E-state index in [2.05, 4.69) is 15.6 Å². The Balaban J connectivity index is 1.46. The van der Waals surface area contributed by atoms with Crippen LogP contribution in [0.25, 0.3) is 10.2 Å². The van der Waals surface area contributed by atoms with Crippen molar-refractivity contribution in [1.82, 2.24) is 9.88 Å². The number of thiazole rings is 1. The van der Waals surface area contributed by atoms with Crippen molar-refractivity contribution < 1.29 is 19.2 Å². The number of imide groups is 1. The summed E-state index contributed by atoms with van der Waals surface area (Å²) < 4.78 is 0.856. The molecule has 2 aromatic carbocycles. The van der Waals surface area contributed by atoms with Gasteiger partial charge in [-0.15, -0.1) is 0 Å². The smallest absolute Gasteiger partial charge is 0.262 e. The van der Waals surface area contributed by atoms with Gasteiger partial charge in [-0.2, -0.15) is 0 Å². The average Bonchev–Trinajstić information content (AvgIpc) is 3.21. The molecule has 8 nitrogen and oxygen atoms in total. The Hall–Kier alpha value is -3.59. The maximum Gasteiger partial charge on any atom is 0.262 e. The van der Waals surface area contributed by atoms with E-state index in [-0.39, 0.29) is 12.5 Å². The molecular formula is C20H16N4O4S. The molecule has 3 aromatic rings. The predicted molar refractivity (Wildman–Crippen MR) is 109 cm³/mol. The van der Waals surface area contributed by atoms with Crippen molar-refractivity contribution in [2.24, 2.45) is 0 Å². The molecule has 9 heteroatoms. The Morgan fingerprint density at radius 1 is 1.00 bits per heavy atom. The minimum absolute atomic E-state index is 0.126. The van der Waals surface area contributed by atoms with E-state index in [4.69, 9.17) is 0 Å². The molecule has 4 rings (SSSR count). The molecule has 2 heterocycles. The van der Waals surface area contributed by atoms with E-state index in [0.717, 1.165) is 9.60 Å². The summed E-state index contributed by atoms with van der Waals surface area (Å²) in [7, 11) is 0. The SMILES string of the molecule is CCC(=O)Nc1nc2cc(NC(=O)CN3C(=O)c4ccccc4C3=O)ccc2s1. The van der Waals surface area contributed by atoms with Crippen LogP contribution in [0.1, 0.15) is 34.1 Å². The van der Waals surface area contributed by atoms with Gasteiger partial charge < -0.3 is 10.6 Å². The molecular weight excluding hydrogens is 392 g/mol. The molecule has 0 fully saturated rings. The third-order valence-corrected chi connectivity index (χ3v) is 5.37. The van der Waals surface area contributed by atoms with Gasteiger partial charge in [-0.05, 0) is 30.3 Å². The quantitative estimate of drug-likeness (QED) is 0.631. The summed E-state index contributed by atoms with van der Waals surface area (Å²) in [6, 6.07) is 11.6. The lowest BCUT2D eigenvalue weighted by molar-refractivity contribution is -0.117. The van der Waals surface area contributed by atoms with Crippen LogP contribution in [0, 0.1) is 0 Å². The molecule has 29 heavy (non-hydrogen) atoms. The largest absolute Gasteiger partial charge is 0.324 e. The van der Waals surface area contributed by atoms with Crippen LogP contribution in [0.3, 0.4) is 0 Å². The molecule has 0 saturated heterocycles. The van der Waals surface area contributed by atoms with E-state index in [0.29, 0.717) is 33.9 Å². The fourth-order valence-corrected chi connectivity index (χ4v) is 3.86.